The Balaban J connectivity index is 1.80. The maximum atomic E-state index is 12.1. The van der Waals surface area contributed by atoms with Crippen LogP contribution >= 0.6 is 0 Å². The van der Waals surface area contributed by atoms with Crippen molar-refractivity contribution in [1.82, 2.24) is 5.32 Å². The maximum absolute atomic E-state index is 12.1. The predicted molar refractivity (Wildman–Crippen MR) is 113 cm³/mol. The van der Waals surface area contributed by atoms with Gasteiger partial charge in [-0.15, -0.1) is 0 Å². The van der Waals surface area contributed by atoms with E-state index in [9.17, 15) is 9.59 Å². The van der Waals surface area contributed by atoms with E-state index in [2.05, 4.69) is 22.9 Å². The Kier molecular flexibility index (Phi) is 8.34. The summed E-state index contributed by atoms with van der Waals surface area (Å²) in [6.07, 6.45) is 1.84. The number of amides is 2. The molecular formula is C22H29N3O3. The standard InChI is InChI=1S/C22H29N3O3/c1-4-14-28-20-12-10-18(11-13-20)23-15-21(26)25-19-8-6-17(7-9-19)22(27)24-16(3)5-2/h6-13,16,23H,4-5,14-15H2,1-3H3,(H,24,27)(H,25,26). The molecule has 0 heterocycles. The number of carbonyl (C=O) groups excluding carboxylic acids is 2. The van der Waals surface area contributed by atoms with Gasteiger partial charge in [-0.1, -0.05) is 13.8 Å². The van der Waals surface area contributed by atoms with Crippen molar-refractivity contribution in [2.75, 3.05) is 23.8 Å². The van der Waals surface area contributed by atoms with Crippen LogP contribution in [-0.2, 0) is 4.79 Å². The van der Waals surface area contributed by atoms with Crippen LogP contribution < -0.4 is 20.7 Å². The molecule has 0 fully saturated rings. The lowest BCUT2D eigenvalue weighted by molar-refractivity contribution is -0.114. The maximum Gasteiger partial charge on any atom is 0.251 e. The number of nitrogens with one attached hydrogen (secondary N) is 3. The number of rotatable bonds is 10. The Morgan fingerprint density at radius 3 is 2.21 bits per heavy atom. The van der Waals surface area contributed by atoms with Crippen LogP contribution in [-0.4, -0.2) is 31.0 Å². The average molecular weight is 383 g/mol. The van der Waals surface area contributed by atoms with Gasteiger partial charge in [0.1, 0.15) is 5.75 Å². The quantitative estimate of drug-likeness (QED) is 0.578. The number of carbonyl (C=O) groups is 2. The number of anilines is 2. The highest BCUT2D eigenvalue weighted by atomic mass is 16.5. The van der Waals surface area contributed by atoms with Crippen LogP contribution in [0.25, 0.3) is 0 Å². The van der Waals surface area contributed by atoms with Crippen LogP contribution in [0, 0.1) is 0 Å². The summed E-state index contributed by atoms with van der Waals surface area (Å²) in [6, 6.07) is 14.5. The van der Waals surface area contributed by atoms with Gasteiger partial charge in [0.15, 0.2) is 0 Å². The first kappa shape index (κ1) is 21.3. The highest BCUT2D eigenvalue weighted by Crippen LogP contribution is 2.16. The molecule has 0 spiro atoms. The second-order valence-corrected chi connectivity index (χ2v) is 6.63. The topological polar surface area (TPSA) is 79.5 Å². The van der Waals surface area contributed by atoms with Crippen molar-refractivity contribution < 1.29 is 14.3 Å². The predicted octanol–water partition coefficient (Wildman–Crippen LogP) is 4.05. The Bertz CT molecular complexity index is 758. The third-order valence-electron chi connectivity index (χ3n) is 4.20. The summed E-state index contributed by atoms with van der Waals surface area (Å²) in [7, 11) is 0. The largest absolute Gasteiger partial charge is 0.494 e. The van der Waals surface area contributed by atoms with Gasteiger partial charge in [-0.25, -0.2) is 0 Å². The summed E-state index contributed by atoms with van der Waals surface area (Å²) < 4.78 is 5.53. The van der Waals surface area contributed by atoms with Crippen LogP contribution in [0.15, 0.2) is 48.5 Å². The lowest BCUT2D eigenvalue weighted by Gasteiger charge is -2.12. The zero-order valence-corrected chi connectivity index (χ0v) is 16.7. The fraction of sp³-hybridized carbons (Fsp3) is 0.364. The van der Waals surface area contributed by atoms with Crippen molar-refractivity contribution >= 4 is 23.2 Å². The van der Waals surface area contributed by atoms with Crippen LogP contribution in [0.3, 0.4) is 0 Å². The van der Waals surface area contributed by atoms with Crippen molar-refractivity contribution in [2.24, 2.45) is 0 Å². The van der Waals surface area contributed by atoms with Gasteiger partial charge in [-0.2, -0.15) is 0 Å². The molecule has 150 valence electrons. The molecule has 0 bridgehead atoms. The molecule has 1 atom stereocenters. The van der Waals surface area contributed by atoms with Gasteiger partial charge < -0.3 is 20.7 Å². The minimum absolute atomic E-state index is 0.111. The molecule has 0 saturated carbocycles. The van der Waals surface area contributed by atoms with Crippen LogP contribution in [0.2, 0.25) is 0 Å². The van der Waals surface area contributed by atoms with E-state index in [-0.39, 0.29) is 24.4 Å². The second kappa shape index (κ2) is 11.0. The molecule has 0 saturated heterocycles. The Labute approximate surface area is 166 Å². The summed E-state index contributed by atoms with van der Waals surface area (Å²) in [5.74, 6) is 0.540. The molecule has 2 amide bonds. The Morgan fingerprint density at radius 2 is 1.61 bits per heavy atom. The average Bonchev–Trinajstić information content (AvgIpc) is 2.71. The molecule has 3 N–H and O–H groups in total. The van der Waals surface area contributed by atoms with Crippen molar-refractivity contribution in [3.8, 4) is 5.75 Å². The summed E-state index contributed by atoms with van der Waals surface area (Å²) in [6.45, 7) is 6.87. The first-order chi connectivity index (χ1) is 13.5. The van der Waals surface area contributed by atoms with Crippen LogP contribution in [0.1, 0.15) is 44.0 Å². The molecule has 0 aliphatic carbocycles. The van der Waals surface area contributed by atoms with Crippen molar-refractivity contribution in [1.29, 1.82) is 0 Å². The summed E-state index contributed by atoms with van der Waals surface area (Å²) in [4.78, 5) is 24.2. The van der Waals surface area contributed by atoms with Crippen molar-refractivity contribution in [2.45, 2.75) is 39.7 Å². The van der Waals surface area contributed by atoms with Gasteiger partial charge in [0.05, 0.1) is 13.2 Å². The van der Waals surface area contributed by atoms with Gasteiger partial charge in [0.2, 0.25) is 5.91 Å². The molecule has 0 aliphatic rings. The number of hydrogen-bond donors (Lipinski definition) is 3. The highest BCUT2D eigenvalue weighted by Gasteiger charge is 2.09. The number of ether oxygens (including phenoxy) is 1. The number of benzene rings is 2. The van der Waals surface area contributed by atoms with Gasteiger partial charge in [-0.05, 0) is 68.3 Å². The molecule has 1 unspecified atom stereocenters. The molecule has 6 nitrogen and oxygen atoms in total. The summed E-state index contributed by atoms with van der Waals surface area (Å²) in [5, 5.41) is 8.80. The van der Waals surface area contributed by atoms with Crippen LogP contribution in [0.4, 0.5) is 11.4 Å². The van der Waals surface area contributed by atoms with Gasteiger partial charge in [0, 0.05) is 23.0 Å². The SMILES string of the molecule is CCCOc1ccc(NCC(=O)Nc2ccc(C(=O)NC(C)CC)cc2)cc1. The lowest BCUT2D eigenvalue weighted by atomic mass is 10.1. The smallest absolute Gasteiger partial charge is 0.251 e. The van der Waals surface area contributed by atoms with E-state index < -0.39 is 0 Å². The van der Waals surface area contributed by atoms with Crippen molar-refractivity contribution in [3.63, 3.8) is 0 Å². The fourth-order valence-corrected chi connectivity index (χ4v) is 2.39. The monoisotopic (exact) mass is 383 g/mol. The van der Waals surface area contributed by atoms with Gasteiger partial charge >= 0.3 is 0 Å². The first-order valence-corrected chi connectivity index (χ1v) is 9.69. The molecule has 2 aromatic rings. The van der Waals surface area contributed by atoms with E-state index in [0.717, 1.165) is 24.3 Å². The Morgan fingerprint density at radius 1 is 0.964 bits per heavy atom. The molecular weight excluding hydrogens is 354 g/mol. The fourth-order valence-electron chi connectivity index (χ4n) is 2.39. The molecule has 2 aromatic carbocycles. The molecule has 2 rings (SSSR count). The summed E-state index contributed by atoms with van der Waals surface area (Å²) in [5.41, 5.74) is 2.06. The van der Waals surface area contributed by atoms with E-state index in [1.807, 2.05) is 38.1 Å². The minimum Gasteiger partial charge on any atom is -0.494 e. The zero-order chi connectivity index (χ0) is 20.4. The summed E-state index contributed by atoms with van der Waals surface area (Å²) >= 11 is 0. The van der Waals surface area contributed by atoms with E-state index in [4.69, 9.17) is 4.74 Å². The normalized spacial score (nSPS) is 11.4. The second-order valence-electron chi connectivity index (χ2n) is 6.63. The Hall–Kier alpha value is -3.02. The minimum atomic E-state index is -0.164. The number of hydrogen-bond acceptors (Lipinski definition) is 4. The van der Waals surface area contributed by atoms with Gasteiger partial charge in [0.25, 0.3) is 5.91 Å². The lowest BCUT2D eigenvalue weighted by Crippen LogP contribution is -2.31. The van der Waals surface area contributed by atoms with E-state index in [0.29, 0.717) is 17.9 Å². The van der Waals surface area contributed by atoms with E-state index in [1.54, 1.807) is 24.3 Å². The molecule has 28 heavy (non-hydrogen) atoms. The first-order valence-electron chi connectivity index (χ1n) is 9.69. The van der Waals surface area contributed by atoms with E-state index in [1.165, 1.54) is 0 Å². The molecule has 0 aromatic heterocycles. The zero-order valence-electron chi connectivity index (χ0n) is 16.7. The molecule has 6 heteroatoms. The molecule has 0 radical (unpaired) electrons. The highest BCUT2D eigenvalue weighted by molar-refractivity contribution is 5.96. The van der Waals surface area contributed by atoms with Crippen LogP contribution in [0.5, 0.6) is 5.75 Å². The van der Waals surface area contributed by atoms with Crippen molar-refractivity contribution in [3.05, 3.63) is 54.1 Å². The molecule has 0 aliphatic heterocycles. The van der Waals surface area contributed by atoms with E-state index >= 15 is 0 Å². The van der Waals surface area contributed by atoms with Gasteiger partial charge in [-0.3, -0.25) is 9.59 Å². The third-order valence-corrected chi connectivity index (χ3v) is 4.20. The third kappa shape index (κ3) is 6.95.